The van der Waals surface area contributed by atoms with Crippen LogP contribution >= 0.6 is 35.1 Å². The summed E-state index contributed by atoms with van der Waals surface area (Å²) < 4.78 is 0. The summed E-state index contributed by atoms with van der Waals surface area (Å²) in [5, 5.41) is 4.30. The molecule has 0 saturated carbocycles. The first kappa shape index (κ1) is 17.4. The van der Waals surface area contributed by atoms with Gasteiger partial charge in [-0.15, -0.1) is 35.1 Å². The zero-order valence-electron chi connectivity index (χ0n) is 12.2. The summed E-state index contributed by atoms with van der Waals surface area (Å²) >= 11 is 3.64. The minimum atomic E-state index is 0. The van der Waals surface area contributed by atoms with Gasteiger partial charge in [-0.2, -0.15) is 0 Å². The molecule has 2 aromatic rings. The molecule has 1 atom stereocenters. The summed E-state index contributed by atoms with van der Waals surface area (Å²) in [7, 11) is 0. The molecule has 0 spiro atoms. The van der Waals surface area contributed by atoms with Crippen LogP contribution in [0.4, 0.5) is 0 Å². The largest absolute Gasteiger partial charge is 0.298 e. The molecule has 2 heterocycles. The molecular weight excluding hydrogens is 306 g/mol. The number of thiophene rings is 2. The summed E-state index contributed by atoms with van der Waals surface area (Å²) in [5.74, 6) is 0. The standard InChI is InChI=1S/C16H21NS2.ClH/c1-4-17(5-2)13(3)12-14(15-8-6-10-18-15)16-9-7-11-19-16;/h6-13H,4-5H2,1-3H3;1H. The van der Waals surface area contributed by atoms with E-state index >= 15 is 0 Å². The molecule has 2 aromatic heterocycles. The van der Waals surface area contributed by atoms with E-state index in [4.69, 9.17) is 0 Å². The van der Waals surface area contributed by atoms with E-state index in [1.54, 1.807) is 0 Å². The molecule has 0 saturated heterocycles. The van der Waals surface area contributed by atoms with E-state index < -0.39 is 0 Å². The third kappa shape index (κ3) is 4.19. The maximum atomic E-state index is 2.47. The molecular formula is C16H22ClNS2. The molecule has 0 amide bonds. The van der Waals surface area contributed by atoms with Gasteiger partial charge in [0.15, 0.2) is 0 Å². The van der Waals surface area contributed by atoms with Crippen molar-refractivity contribution < 1.29 is 0 Å². The van der Waals surface area contributed by atoms with Gasteiger partial charge in [0.1, 0.15) is 0 Å². The maximum Gasteiger partial charge on any atom is 0.0354 e. The Labute approximate surface area is 136 Å². The van der Waals surface area contributed by atoms with Gasteiger partial charge in [0, 0.05) is 21.4 Å². The zero-order valence-corrected chi connectivity index (χ0v) is 14.7. The third-order valence-electron chi connectivity index (χ3n) is 3.37. The van der Waals surface area contributed by atoms with Gasteiger partial charge >= 0.3 is 0 Å². The lowest BCUT2D eigenvalue weighted by molar-refractivity contribution is 0.268. The lowest BCUT2D eigenvalue weighted by atomic mass is 10.1. The Kier molecular flexibility index (Phi) is 7.52. The molecule has 0 radical (unpaired) electrons. The summed E-state index contributed by atoms with van der Waals surface area (Å²) in [5.41, 5.74) is 1.38. The molecule has 20 heavy (non-hydrogen) atoms. The fourth-order valence-corrected chi connectivity index (χ4v) is 3.89. The number of hydrogen-bond acceptors (Lipinski definition) is 3. The maximum absolute atomic E-state index is 2.47. The fourth-order valence-electron chi connectivity index (χ4n) is 2.30. The van der Waals surface area contributed by atoms with E-state index in [0.717, 1.165) is 13.1 Å². The van der Waals surface area contributed by atoms with Crippen LogP contribution in [0.15, 0.2) is 41.1 Å². The fraction of sp³-hybridized carbons (Fsp3) is 0.375. The highest BCUT2D eigenvalue weighted by atomic mass is 35.5. The van der Waals surface area contributed by atoms with Crippen molar-refractivity contribution in [2.24, 2.45) is 0 Å². The Bertz CT molecular complexity index is 462. The molecule has 1 unspecified atom stereocenters. The van der Waals surface area contributed by atoms with Crippen molar-refractivity contribution in [3.63, 3.8) is 0 Å². The van der Waals surface area contributed by atoms with Crippen LogP contribution in [0.2, 0.25) is 0 Å². The number of halogens is 1. The number of hydrogen-bond donors (Lipinski definition) is 0. The smallest absolute Gasteiger partial charge is 0.0354 e. The van der Waals surface area contributed by atoms with Crippen molar-refractivity contribution >= 4 is 40.7 Å². The van der Waals surface area contributed by atoms with Crippen molar-refractivity contribution in [3.05, 3.63) is 50.9 Å². The second-order valence-corrected chi connectivity index (χ2v) is 6.39. The number of likely N-dealkylation sites (N-methyl/N-ethyl adjacent to an activating group) is 1. The van der Waals surface area contributed by atoms with Gasteiger partial charge < -0.3 is 0 Å². The summed E-state index contributed by atoms with van der Waals surface area (Å²) in [6.45, 7) is 8.93. The minimum Gasteiger partial charge on any atom is -0.298 e. The first-order valence-corrected chi connectivity index (χ1v) is 8.55. The summed E-state index contributed by atoms with van der Waals surface area (Å²) in [4.78, 5) is 5.20. The molecule has 0 fully saturated rings. The normalized spacial score (nSPS) is 12.0. The Morgan fingerprint density at radius 1 is 1.10 bits per heavy atom. The van der Waals surface area contributed by atoms with Gasteiger partial charge in [-0.25, -0.2) is 0 Å². The Balaban J connectivity index is 0.00000200. The van der Waals surface area contributed by atoms with Crippen molar-refractivity contribution in [2.45, 2.75) is 26.8 Å². The van der Waals surface area contributed by atoms with Gasteiger partial charge in [0.2, 0.25) is 0 Å². The molecule has 110 valence electrons. The highest BCUT2D eigenvalue weighted by Crippen LogP contribution is 2.31. The molecule has 0 aliphatic heterocycles. The van der Waals surface area contributed by atoms with Crippen molar-refractivity contribution in [1.82, 2.24) is 4.90 Å². The van der Waals surface area contributed by atoms with E-state index in [9.17, 15) is 0 Å². The molecule has 0 aromatic carbocycles. The predicted octanol–water partition coefficient (Wildman–Crippen LogP) is 5.39. The van der Waals surface area contributed by atoms with Crippen molar-refractivity contribution in [3.8, 4) is 0 Å². The zero-order chi connectivity index (χ0) is 13.7. The minimum absolute atomic E-state index is 0. The van der Waals surface area contributed by atoms with Crippen LogP contribution < -0.4 is 0 Å². The van der Waals surface area contributed by atoms with E-state index in [1.807, 2.05) is 22.7 Å². The van der Waals surface area contributed by atoms with Crippen LogP contribution in [0, 0.1) is 0 Å². The first-order valence-electron chi connectivity index (χ1n) is 6.79. The highest BCUT2D eigenvalue weighted by molar-refractivity contribution is 7.13. The van der Waals surface area contributed by atoms with E-state index in [1.165, 1.54) is 15.3 Å². The average Bonchev–Trinajstić information content (AvgIpc) is 3.11. The Morgan fingerprint density at radius 3 is 1.95 bits per heavy atom. The summed E-state index contributed by atoms with van der Waals surface area (Å²) in [6, 6.07) is 9.15. The average molecular weight is 328 g/mol. The third-order valence-corrected chi connectivity index (χ3v) is 5.18. The Morgan fingerprint density at radius 2 is 1.60 bits per heavy atom. The molecule has 0 N–H and O–H groups in total. The monoisotopic (exact) mass is 327 g/mol. The van der Waals surface area contributed by atoms with Gasteiger partial charge in [0.25, 0.3) is 0 Å². The van der Waals surface area contributed by atoms with Crippen LogP contribution in [0.25, 0.3) is 5.57 Å². The van der Waals surface area contributed by atoms with Crippen LogP contribution in [0.3, 0.4) is 0 Å². The number of nitrogens with zero attached hydrogens (tertiary/aromatic N) is 1. The van der Waals surface area contributed by atoms with Crippen LogP contribution in [0.1, 0.15) is 30.5 Å². The Hall–Kier alpha value is -0.610. The van der Waals surface area contributed by atoms with E-state index in [-0.39, 0.29) is 12.4 Å². The summed E-state index contributed by atoms with van der Waals surface area (Å²) in [6.07, 6.45) is 2.41. The van der Waals surface area contributed by atoms with Gasteiger partial charge in [-0.1, -0.05) is 32.1 Å². The predicted molar refractivity (Wildman–Crippen MR) is 95.3 cm³/mol. The molecule has 1 nitrogen and oxygen atoms in total. The lowest BCUT2D eigenvalue weighted by Gasteiger charge is -2.24. The molecule has 2 rings (SSSR count). The van der Waals surface area contributed by atoms with Crippen molar-refractivity contribution in [1.29, 1.82) is 0 Å². The topological polar surface area (TPSA) is 3.24 Å². The molecule has 0 aliphatic rings. The SMILES string of the molecule is CCN(CC)C(C)C=C(c1cccs1)c1cccs1.Cl. The quantitative estimate of drug-likeness (QED) is 0.687. The van der Waals surface area contributed by atoms with Crippen LogP contribution in [-0.4, -0.2) is 24.0 Å². The molecule has 0 aliphatic carbocycles. The van der Waals surface area contributed by atoms with E-state index in [2.05, 4.69) is 66.8 Å². The first-order chi connectivity index (χ1) is 9.26. The highest BCUT2D eigenvalue weighted by Gasteiger charge is 2.12. The van der Waals surface area contributed by atoms with E-state index in [0.29, 0.717) is 6.04 Å². The molecule has 4 heteroatoms. The second kappa shape index (κ2) is 8.63. The second-order valence-electron chi connectivity index (χ2n) is 4.50. The van der Waals surface area contributed by atoms with Gasteiger partial charge in [0.05, 0.1) is 0 Å². The van der Waals surface area contributed by atoms with Crippen LogP contribution in [0.5, 0.6) is 0 Å². The van der Waals surface area contributed by atoms with Crippen LogP contribution in [-0.2, 0) is 0 Å². The molecule has 0 bridgehead atoms. The van der Waals surface area contributed by atoms with Gasteiger partial charge in [-0.05, 0) is 42.9 Å². The lowest BCUT2D eigenvalue weighted by Crippen LogP contribution is -2.31. The van der Waals surface area contributed by atoms with Gasteiger partial charge in [-0.3, -0.25) is 4.90 Å². The number of rotatable bonds is 6. The van der Waals surface area contributed by atoms with Crippen molar-refractivity contribution in [2.75, 3.05) is 13.1 Å².